The summed E-state index contributed by atoms with van der Waals surface area (Å²) in [5.41, 5.74) is 0. The summed E-state index contributed by atoms with van der Waals surface area (Å²) >= 11 is 0. The molecule has 2 rings (SSSR count). The molecule has 1 aliphatic heterocycles. The number of hydrogen-bond donors (Lipinski definition) is 2. The Hall–Kier alpha value is -0.570. The van der Waals surface area contributed by atoms with Gasteiger partial charge in [-0.1, -0.05) is 6.92 Å². The van der Waals surface area contributed by atoms with Crippen molar-refractivity contribution in [3.8, 4) is 0 Å². The van der Waals surface area contributed by atoms with Gasteiger partial charge in [0.1, 0.15) is 0 Å². The molecule has 2 unspecified atom stereocenters. The highest BCUT2D eigenvalue weighted by atomic mass is 16.1. The van der Waals surface area contributed by atoms with E-state index in [1.165, 1.54) is 12.8 Å². The van der Waals surface area contributed by atoms with E-state index in [1.54, 1.807) is 0 Å². The molecule has 0 aromatic heterocycles. The summed E-state index contributed by atoms with van der Waals surface area (Å²) in [6, 6.07) is 0. The average Bonchev–Trinajstić information content (AvgIpc) is 3.10. The zero-order valence-electron chi connectivity index (χ0n) is 9.59. The average molecular weight is 210 g/mol. The van der Waals surface area contributed by atoms with Crippen LogP contribution in [0.1, 0.15) is 32.6 Å². The Kier molecular flexibility index (Phi) is 3.62. The molecule has 2 aliphatic rings. The van der Waals surface area contributed by atoms with Gasteiger partial charge < -0.3 is 10.6 Å². The number of nitrogens with one attached hydrogen (secondary N) is 2. The predicted octanol–water partition coefficient (Wildman–Crippen LogP) is 1.15. The van der Waals surface area contributed by atoms with E-state index in [-0.39, 0.29) is 11.8 Å². The number of amides is 1. The topological polar surface area (TPSA) is 41.1 Å². The van der Waals surface area contributed by atoms with Gasteiger partial charge in [0.25, 0.3) is 0 Å². The fourth-order valence-electron chi connectivity index (χ4n) is 2.31. The normalized spacial score (nSPS) is 28.5. The maximum atomic E-state index is 11.8. The van der Waals surface area contributed by atoms with Crippen LogP contribution in [0.15, 0.2) is 0 Å². The summed E-state index contributed by atoms with van der Waals surface area (Å²) in [6.45, 7) is 5.06. The Morgan fingerprint density at radius 3 is 2.87 bits per heavy atom. The summed E-state index contributed by atoms with van der Waals surface area (Å²) in [5.74, 6) is 2.03. The molecule has 1 saturated heterocycles. The first-order chi connectivity index (χ1) is 7.27. The highest BCUT2D eigenvalue weighted by Gasteiger charge is 2.28. The number of carbonyl (C=O) groups is 1. The van der Waals surface area contributed by atoms with Gasteiger partial charge in [-0.25, -0.2) is 0 Å². The van der Waals surface area contributed by atoms with Gasteiger partial charge in [0.05, 0.1) is 5.92 Å². The van der Waals surface area contributed by atoms with Crippen molar-refractivity contribution >= 4 is 5.91 Å². The van der Waals surface area contributed by atoms with Gasteiger partial charge in [0.15, 0.2) is 0 Å². The summed E-state index contributed by atoms with van der Waals surface area (Å²) in [6.07, 6.45) is 4.91. The molecular weight excluding hydrogens is 188 g/mol. The van der Waals surface area contributed by atoms with Crippen LogP contribution in [0.4, 0.5) is 0 Å². The molecule has 15 heavy (non-hydrogen) atoms. The van der Waals surface area contributed by atoms with E-state index >= 15 is 0 Å². The fraction of sp³-hybridized carbons (Fsp3) is 0.917. The second kappa shape index (κ2) is 4.97. The van der Waals surface area contributed by atoms with E-state index < -0.39 is 0 Å². The van der Waals surface area contributed by atoms with Crippen LogP contribution in [-0.2, 0) is 4.79 Å². The van der Waals surface area contributed by atoms with E-state index in [9.17, 15) is 4.79 Å². The van der Waals surface area contributed by atoms with Crippen molar-refractivity contribution < 1.29 is 4.79 Å². The Labute approximate surface area is 92.0 Å². The van der Waals surface area contributed by atoms with Gasteiger partial charge >= 0.3 is 0 Å². The third kappa shape index (κ3) is 3.20. The Balaban J connectivity index is 1.66. The van der Waals surface area contributed by atoms with Gasteiger partial charge in [0, 0.05) is 13.1 Å². The van der Waals surface area contributed by atoms with Crippen LogP contribution in [-0.4, -0.2) is 25.5 Å². The van der Waals surface area contributed by atoms with Crippen LogP contribution in [0.5, 0.6) is 0 Å². The molecule has 86 valence electrons. The lowest BCUT2D eigenvalue weighted by Crippen LogP contribution is -2.41. The quantitative estimate of drug-likeness (QED) is 0.731. The molecule has 0 aromatic carbocycles. The van der Waals surface area contributed by atoms with E-state index in [0.717, 1.165) is 38.4 Å². The van der Waals surface area contributed by atoms with Crippen LogP contribution in [0.2, 0.25) is 0 Å². The summed E-state index contributed by atoms with van der Waals surface area (Å²) in [4.78, 5) is 11.8. The zero-order valence-corrected chi connectivity index (χ0v) is 9.59. The lowest BCUT2D eigenvalue weighted by atomic mass is 9.98. The van der Waals surface area contributed by atoms with Gasteiger partial charge in [-0.05, 0) is 44.1 Å². The third-order valence-corrected chi connectivity index (χ3v) is 3.69. The van der Waals surface area contributed by atoms with Crippen molar-refractivity contribution in [1.82, 2.24) is 10.6 Å². The largest absolute Gasteiger partial charge is 0.356 e. The van der Waals surface area contributed by atoms with E-state index in [2.05, 4.69) is 17.6 Å². The van der Waals surface area contributed by atoms with E-state index in [4.69, 9.17) is 0 Å². The maximum Gasteiger partial charge on any atom is 0.224 e. The van der Waals surface area contributed by atoms with Crippen molar-refractivity contribution in [2.75, 3.05) is 19.6 Å². The second-order valence-corrected chi connectivity index (χ2v) is 5.10. The molecular formula is C12H22N2O. The Morgan fingerprint density at radius 1 is 1.47 bits per heavy atom. The second-order valence-electron chi connectivity index (χ2n) is 5.10. The molecule has 0 aromatic rings. The molecule has 3 nitrogen and oxygen atoms in total. The lowest BCUT2D eigenvalue weighted by molar-refractivity contribution is -0.125. The first-order valence-corrected chi connectivity index (χ1v) is 6.26. The molecule has 1 aliphatic carbocycles. The first kappa shape index (κ1) is 10.9. The van der Waals surface area contributed by atoms with Crippen LogP contribution in [0.25, 0.3) is 0 Å². The van der Waals surface area contributed by atoms with Gasteiger partial charge in [-0.3, -0.25) is 4.79 Å². The monoisotopic (exact) mass is 210 g/mol. The Morgan fingerprint density at radius 2 is 2.27 bits per heavy atom. The standard InChI is InChI=1S/C12H22N2O/c1-9(10-4-5-10)7-14-12(15)11-3-2-6-13-8-11/h9-11,13H,2-8H2,1H3,(H,14,15). The maximum absolute atomic E-state index is 11.8. The molecule has 2 fully saturated rings. The minimum atomic E-state index is 0.213. The molecule has 2 N–H and O–H groups in total. The van der Waals surface area contributed by atoms with Gasteiger partial charge in [0.2, 0.25) is 5.91 Å². The minimum absolute atomic E-state index is 0.213. The molecule has 1 heterocycles. The highest BCUT2D eigenvalue weighted by molar-refractivity contribution is 5.78. The SMILES string of the molecule is CC(CNC(=O)C1CCCNC1)C1CC1. The van der Waals surface area contributed by atoms with Crippen LogP contribution in [0, 0.1) is 17.8 Å². The fourth-order valence-corrected chi connectivity index (χ4v) is 2.31. The van der Waals surface area contributed by atoms with E-state index in [0.29, 0.717) is 5.92 Å². The number of piperidine rings is 1. The van der Waals surface area contributed by atoms with Crippen molar-refractivity contribution in [1.29, 1.82) is 0 Å². The van der Waals surface area contributed by atoms with Crippen LogP contribution in [0.3, 0.4) is 0 Å². The predicted molar refractivity (Wildman–Crippen MR) is 60.5 cm³/mol. The minimum Gasteiger partial charge on any atom is -0.356 e. The van der Waals surface area contributed by atoms with Crippen LogP contribution >= 0.6 is 0 Å². The molecule has 2 atom stereocenters. The molecule has 3 heteroatoms. The molecule has 0 radical (unpaired) electrons. The van der Waals surface area contributed by atoms with E-state index in [1.807, 2.05) is 0 Å². The Bertz CT molecular complexity index is 220. The number of hydrogen-bond acceptors (Lipinski definition) is 2. The number of rotatable bonds is 4. The van der Waals surface area contributed by atoms with Gasteiger partial charge in [-0.15, -0.1) is 0 Å². The van der Waals surface area contributed by atoms with Crippen molar-refractivity contribution in [3.63, 3.8) is 0 Å². The molecule has 0 spiro atoms. The summed E-state index contributed by atoms with van der Waals surface area (Å²) < 4.78 is 0. The van der Waals surface area contributed by atoms with Gasteiger partial charge in [-0.2, -0.15) is 0 Å². The molecule has 1 saturated carbocycles. The van der Waals surface area contributed by atoms with Crippen molar-refractivity contribution in [2.24, 2.45) is 17.8 Å². The number of carbonyl (C=O) groups excluding carboxylic acids is 1. The smallest absolute Gasteiger partial charge is 0.224 e. The first-order valence-electron chi connectivity index (χ1n) is 6.26. The molecule has 0 bridgehead atoms. The molecule has 1 amide bonds. The lowest BCUT2D eigenvalue weighted by Gasteiger charge is -2.22. The van der Waals surface area contributed by atoms with Crippen LogP contribution < -0.4 is 10.6 Å². The third-order valence-electron chi connectivity index (χ3n) is 3.69. The summed E-state index contributed by atoms with van der Waals surface area (Å²) in [7, 11) is 0. The summed E-state index contributed by atoms with van der Waals surface area (Å²) in [5, 5.41) is 6.37. The van der Waals surface area contributed by atoms with Crippen molar-refractivity contribution in [3.05, 3.63) is 0 Å². The zero-order chi connectivity index (χ0) is 10.7. The van der Waals surface area contributed by atoms with Crippen molar-refractivity contribution in [2.45, 2.75) is 32.6 Å². The highest BCUT2D eigenvalue weighted by Crippen LogP contribution is 2.36.